The summed E-state index contributed by atoms with van der Waals surface area (Å²) in [5, 5.41) is 13.9. The summed E-state index contributed by atoms with van der Waals surface area (Å²) in [6, 6.07) is 10.4. The maximum Gasteiger partial charge on any atom is 0.191 e. The Kier molecular flexibility index (Phi) is 8.27. The molecule has 32 heavy (non-hydrogen) atoms. The van der Waals surface area contributed by atoms with Crippen LogP contribution in [0, 0.1) is 17.0 Å². The van der Waals surface area contributed by atoms with Crippen LogP contribution in [-0.2, 0) is 15.8 Å². The van der Waals surface area contributed by atoms with Gasteiger partial charge in [0.1, 0.15) is 0 Å². The first kappa shape index (κ1) is 25.4. The number of hydroxylamine groups is 1. The van der Waals surface area contributed by atoms with E-state index in [1.807, 2.05) is 6.07 Å². The lowest BCUT2D eigenvalue weighted by molar-refractivity contribution is -0.568. The molecule has 0 unspecified atom stereocenters. The molecule has 2 aliphatic rings. The van der Waals surface area contributed by atoms with Gasteiger partial charge in [-0.1, -0.05) is 58.0 Å². The zero-order chi connectivity index (χ0) is 23.4. The SMILES string of the molecule is C[C@@H](COCc1ccccc1)[C@H]1CCC[C@]12CCCC(CCO[Si](C)(C)C(C)(C)C)=[N+]2[O-]. The van der Waals surface area contributed by atoms with Crippen LogP contribution >= 0.6 is 0 Å². The number of rotatable bonds is 9. The van der Waals surface area contributed by atoms with Crippen molar-refractivity contribution in [2.75, 3.05) is 13.2 Å². The summed E-state index contributed by atoms with van der Waals surface area (Å²) in [6.07, 6.45) is 7.18. The van der Waals surface area contributed by atoms with E-state index in [-0.39, 0.29) is 10.6 Å². The first-order valence-electron chi connectivity index (χ1n) is 12.6. The second-order valence-corrected chi connectivity index (χ2v) is 16.5. The average Bonchev–Trinajstić information content (AvgIpc) is 3.15. The van der Waals surface area contributed by atoms with Gasteiger partial charge in [0.2, 0.25) is 0 Å². The summed E-state index contributed by atoms with van der Waals surface area (Å²) in [5.74, 6) is 0.799. The van der Waals surface area contributed by atoms with Crippen LogP contribution < -0.4 is 0 Å². The third kappa shape index (κ3) is 5.66. The van der Waals surface area contributed by atoms with Gasteiger partial charge in [0.05, 0.1) is 19.6 Å². The predicted octanol–water partition coefficient (Wildman–Crippen LogP) is 6.93. The smallest absolute Gasteiger partial charge is 0.191 e. The number of nitrogens with zero attached hydrogens (tertiary/aromatic N) is 1. The number of hydrogen-bond acceptors (Lipinski definition) is 3. The summed E-state index contributed by atoms with van der Waals surface area (Å²) in [6.45, 7) is 15.7. The fourth-order valence-corrected chi connectivity index (χ4v) is 6.54. The van der Waals surface area contributed by atoms with E-state index >= 15 is 0 Å². The lowest BCUT2D eigenvalue weighted by atomic mass is 9.74. The van der Waals surface area contributed by atoms with Crippen molar-refractivity contribution in [2.45, 2.75) is 103 Å². The Morgan fingerprint density at radius 2 is 1.84 bits per heavy atom. The Labute approximate surface area is 197 Å². The monoisotopic (exact) mass is 459 g/mol. The average molecular weight is 460 g/mol. The minimum Gasteiger partial charge on any atom is -0.623 e. The summed E-state index contributed by atoms with van der Waals surface area (Å²) >= 11 is 0. The van der Waals surface area contributed by atoms with Crippen LogP contribution in [-0.4, -0.2) is 37.5 Å². The zero-order valence-electron chi connectivity index (χ0n) is 21.3. The van der Waals surface area contributed by atoms with Crippen LogP contribution in [0.15, 0.2) is 30.3 Å². The second kappa shape index (κ2) is 10.4. The first-order valence-corrected chi connectivity index (χ1v) is 15.6. The molecule has 0 amide bonds. The Morgan fingerprint density at radius 3 is 2.53 bits per heavy atom. The molecule has 180 valence electrons. The van der Waals surface area contributed by atoms with Gasteiger partial charge in [-0.25, -0.2) is 4.74 Å². The van der Waals surface area contributed by atoms with Crippen molar-refractivity contribution < 1.29 is 13.9 Å². The standard InChI is InChI=1S/C27H45NO3Si/c1-22(20-30-21-23-12-8-7-9-13-23)25-15-11-18-27(25)17-10-14-24(28(27)29)16-19-31-32(5,6)26(2,3)4/h7-9,12-13,22,25H,10-11,14-21H2,1-6H3/t22-,25+,27+/m0/s1. The molecule has 0 N–H and O–H groups in total. The van der Waals surface area contributed by atoms with E-state index < -0.39 is 8.32 Å². The molecule has 1 aliphatic carbocycles. The topological polar surface area (TPSA) is 44.5 Å². The molecule has 1 saturated carbocycles. The molecule has 1 spiro atoms. The Bertz CT molecular complexity index is 771. The third-order valence-corrected chi connectivity index (χ3v) is 13.0. The summed E-state index contributed by atoms with van der Waals surface area (Å²) in [7, 11) is -1.78. The van der Waals surface area contributed by atoms with Gasteiger partial charge in [-0.15, -0.1) is 0 Å². The highest BCUT2D eigenvalue weighted by Gasteiger charge is 2.54. The highest BCUT2D eigenvalue weighted by molar-refractivity contribution is 6.74. The molecule has 3 rings (SSSR count). The third-order valence-electron chi connectivity index (χ3n) is 8.42. The van der Waals surface area contributed by atoms with Crippen LogP contribution in [0.2, 0.25) is 18.1 Å². The van der Waals surface area contributed by atoms with E-state index in [2.05, 4.69) is 65.1 Å². The molecular weight excluding hydrogens is 414 g/mol. The lowest BCUT2D eigenvalue weighted by Crippen LogP contribution is -2.51. The Balaban J connectivity index is 1.62. The molecule has 1 aromatic rings. The van der Waals surface area contributed by atoms with Gasteiger partial charge in [-0.3, -0.25) is 0 Å². The maximum atomic E-state index is 13.7. The molecule has 1 fully saturated rings. The fourth-order valence-electron chi connectivity index (χ4n) is 5.50. The van der Waals surface area contributed by atoms with Crippen LogP contribution in [0.1, 0.15) is 78.2 Å². The highest BCUT2D eigenvalue weighted by Crippen LogP contribution is 2.47. The number of ether oxygens (including phenoxy) is 1. The van der Waals surface area contributed by atoms with Crippen LogP contribution in [0.3, 0.4) is 0 Å². The molecule has 0 bridgehead atoms. The minimum atomic E-state index is -1.78. The molecule has 4 nitrogen and oxygen atoms in total. The number of hydrogen-bond donors (Lipinski definition) is 0. The molecule has 1 aliphatic heterocycles. The van der Waals surface area contributed by atoms with Crippen LogP contribution in [0.5, 0.6) is 0 Å². The molecule has 0 aromatic heterocycles. The van der Waals surface area contributed by atoms with Crippen LogP contribution in [0.4, 0.5) is 0 Å². The van der Waals surface area contributed by atoms with Crippen molar-refractivity contribution in [1.29, 1.82) is 0 Å². The van der Waals surface area contributed by atoms with Crippen molar-refractivity contribution >= 4 is 14.0 Å². The number of benzene rings is 1. The van der Waals surface area contributed by atoms with E-state index in [4.69, 9.17) is 9.16 Å². The minimum absolute atomic E-state index is 0.203. The lowest BCUT2D eigenvalue weighted by Gasteiger charge is -2.40. The largest absolute Gasteiger partial charge is 0.623 e. The van der Waals surface area contributed by atoms with Gasteiger partial charge in [-0.05, 0) is 48.9 Å². The second-order valence-electron chi connectivity index (χ2n) is 11.7. The van der Waals surface area contributed by atoms with Gasteiger partial charge in [0, 0.05) is 31.8 Å². The normalized spacial score (nSPS) is 25.5. The van der Waals surface area contributed by atoms with Gasteiger partial charge < -0.3 is 14.4 Å². The van der Waals surface area contributed by atoms with E-state index in [0.717, 1.165) is 57.3 Å². The Hall–Kier alpha value is -1.17. The first-order chi connectivity index (χ1) is 15.1. The quantitative estimate of drug-likeness (QED) is 0.228. The highest BCUT2D eigenvalue weighted by atomic mass is 28.4. The van der Waals surface area contributed by atoms with E-state index in [9.17, 15) is 5.21 Å². The molecular formula is C27H45NO3Si. The van der Waals surface area contributed by atoms with Gasteiger partial charge in [0.25, 0.3) is 0 Å². The van der Waals surface area contributed by atoms with Crippen molar-refractivity contribution in [3.8, 4) is 0 Å². The van der Waals surface area contributed by atoms with Gasteiger partial charge in [0.15, 0.2) is 19.6 Å². The summed E-state index contributed by atoms with van der Waals surface area (Å²) in [4.78, 5) is 0. The van der Waals surface area contributed by atoms with Gasteiger partial charge >= 0.3 is 0 Å². The van der Waals surface area contributed by atoms with E-state index in [1.54, 1.807) is 0 Å². The van der Waals surface area contributed by atoms with E-state index in [1.165, 1.54) is 10.3 Å². The Morgan fingerprint density at radius 1 is 1.16 bits per heavy atom. The zero-order valence-corrected chi connectivity index (χ0v) is 22.3. The van der Waals surface area contributed by atoms with Crippen molar-refractivity contribution in [1.82, 2.24) is 0 Å². The molecule has 0 saturated heterocycles. The van der Waals surface area contributed by atoms with Crippen molar-refractivity contribution in [3.63, 3.8) is 0 Å². The summed E-state index contributed by atoms with van der Waals surface area (Å²) < 4.78 is 13.9. The predicted molar refractivity (Wildman–Crippen MR) is 136 cm³/mol. The molecule has 5 heteroatoms. The molecule has 1 heterocycles. The van der Waals surface area contributed by atoms with Crippen molar-refractivity contribution in [2.24, 2.45) is 11.8 Å². The molecule has 1 aromatic carbocycles. The maximum absolute atomic E-state index is 13.7. The summed E-state index contributed by atoms with van der Waals surface area (Å²) in [5.41, 5.74) is 2.06. The van der Waals surface area contributed by atoms with E-state index in [0.29, 0.717) is 25.0 Å². The molecule has 0 radical (unpaired) electrons. The van der Waals surface area contributed by atoms with Crippen molar-refractivity contribution in [3.05, 3.63) is 41.1 Å². The van der Waals surface area contributed by atoms with Crippen LogP contribution in [0.25, 0.3) is 0 Å². The molecule has 3 atom stereocenters. The van der Waals surface area contributed by atoms with Gasteiger partial charge in [-0.2, -0.15) is 0 Å². The fraction of sp³-hybridized carbons (Fsp3) is 0.741.